The number of non-ortho nitro benzene ring substituents is 2. The molecule has 0 aliphatic carbocycles. The van der Waals surface area contributed by atoms with Gasteiger partial charge in [0.2, 0.25) is 0 Å². The number of hydrogen-bond acceptors (Lipinski definition) is 6. The molecule has 2 aromatic carbocycles. The van der Waals surface area contributed by atoms with Crippen molar-refractivity contribution in [3.63, 3.8) is 0 Å². The molecule has 128 valence electrons. The fourth-order valence-corrected chi connectivity index (χ4v) is 3.92. The van der Waals surface area contributed by atoms with Gasteiger partial charge in [0.05, 0.1) is 21.5 Å². The lowest BCUT2D eigenvalue weighted by molar-refractivity contribution is -0.394. The second-order valence-corrected chi connectivity index (χ2v) is 6.57. The molecule has 1 heterocycles. The molecular weight excluding hydrogens is 346 g/mol. The van der Waals surface area contributed by atoms with Crippen LogP contribution >= 0.6 is 11.8 Å². The summed E-state index contributed by atoms with van der Waals surface area (Å²) in [5.74, 6) is 0.271. The Balaban J connectivity index is 1.97. The van der Waals surface area contributed by atoms with Crippen LogP contribution in [0.1, 0.15) is 21.3 Å². The largest absolute Gasteiger partial charge is 0.322 e. The van der Waals surface area contributed by atoms with Crippen molar-refractivity contribution in [3.05, 3.63) is 79.9 Å². The molecule has 1 aliphatic rings. The maximum absolute atomic E-state index is 12.8. The van der Waals surface area contributed by atoms with Crippen molar-refractivity contribution in [1.82, 2.24) is 4.90 Å². The van der Waals surface area contributed by atoms with Gasteiger partial charge in [-0.05, 0) is 5.56 Å². The Bertz CT molecular complexity index is 811. The van der Waals surface area contributed by atoms with E-state index in [0.29, 0.717) is 6.54 Å². The van der Waals surface area contributed by atoms with Gasteiger partial charge < -0.3 is 4.90 Å². The zero-order chi connectivity index (χ0) is 18.0. The molecule has 0 saturated carbocycles. The summed E-state index contributed by atoms with van der Waals surface area (Å²) >= 11 is 1.58. The predicted octanol–water partition coefficient (Wildman–Crippen LogP) is 3.39. The second kappa shape index (κ2) is 6.89. The van der Waals surface area contributed by atoms with E-state index in [-0.39, 0.29) is 10.9 Å². The Kier molecular flexibility index (Phi) is 4.66. The molecule has 3 rings (SSSR count). The number of nitro benzene ring substituents is 2. The van der Waals surface area contributed by atoms with E-state index in [1.165, 1.54) is 0 Å². The molecule has 0 spiro atoms. The molecule has 0 bridgehead atoms. The van der Waals surface area contributed by atoms with Gasteiger partial charge in [-0.25, -0.2) is 0 Å². The minimum atomic E-state index is -0.739. The highest BCUT2D eigenvalue weighted by Crippen LogP contribution is 2.39. The number of amides is 1. The smallest absolute Gasteiger partial charge is 0.277 e. The summed E-state index contributed by atoms with van der Waals surface area (Å²) in [6.07, 6.45) is 0. The third-order valence-corrected chi connectivity index (χ3v) is 5.07. The molecule has 0 N–H and O–H groups in total. The molecule has 1 aliphatic heterocycles. The van der Waals surface area contributed by atoms with Crippen LogP contribution in [-0.4, -0.2) is 33.0 Å². The van der Waals surface area contributed by atoms with Gasteiger partial charge in [-0.1, -0.05) is 30.3 Å². The highest BCUT2D eigenvalue weighted by Gasteiger charge is 2.32. The van der Waals surface area contributed by atoms with Crippen LogP contribution in [0, 0.1) is 20.2 Å². The van der Waals surface area contributed by atoms with Crippen LogP contribution < -0.4 is 0 Å². The van der Waals surface area contributed by atoms with E-state index in [9.17, 15) is 25.0 Å². The van der Waals surface area contributed by atoms with Crippen LogP contribution in [0.3, 0.4) is 0 Å². The van der Waals surface area contributed by atoms with Crippen LogP contribution in [0.5, 0.6) is 0 Å². The molecule has 1 saturated heterocycles. The van der Waals surface area contributed by atoms with Gasteiger partial charge in [-0.15, -0.1) is 11.8 Å². The monoisotopic (exact) mass is 359 g/mol. The summed E-state index contributed by atoms with van der Waals surface area (Å²) in [6.45, 7) is 0.472. The molecule has 25 heavy (non-hydrogen) atoms. The first-order valence-corrected chi connectivity index (χ1v) is 8.43. The summed E-state index contributed by atoms with van der Waals surface area (Å²) in [6, 6.07) is 12.4. The van der Waals surface area contributed by atoms with Crippen molar-refractivity contribution in [1.29, 1.82) is 0 Å². The van der Waals surface area contributed by atoms with Gasteiger partial charge in [0, 0.05) is 24.4 Å². The first kappa shape index (κ1) is 16.9. The van der Waals surface area contributed by atoms with E-state index in [1.807, 2.05) is 30.3 Å². The molecule has 0 aromatic heterocycles. The summed E-state index contributed by atoms with van der Waals surface area (Å²) < 4.78 is 0. The SMILES string of the molecule is O=C(c1cc([N+](=O)[O-])cc([N+](=O)[O-])c1)N1CCS[C@H]1c1ccccc1. The summed E-state index contributed by atoms with van der Waals surface area (Å²) in [5, 5.41) is 21.8. The van der Waals surface area contributed by atoms with Crippen molar-refractivity contribution in [2.75, 3.05) is 12.3 Å². The van der Waals surface area contributed by atoms with E-state index in [0.717, 1.165) is 29.5 Å². The first-order valence-electron chi connectivity index (χ1n) is 7.39. The molecule has 9 heteroatoms. The average Bonchev–Trinajstić information content (AvgIpc) is 3.11. The minimum Gasteiger partial charge on any atom is -0.322 e. The van der Waals surface area contributed by atoms with Crippen LogP contribution in [0.15, 0.2) is 48.5 Å². The summed E-state index contributed by atoms with van der Waals surface area (Å²) in [7, 11) is 0. The Hall–Kier alpha value is -2.94. The fourth-order valence-electron chi connectivity index (χ4n) is 2.67. The molecule has 0 unspecified atom stereocenters. The molecule has 1 atom stereocenters. The van der Waals surface area contributed by atoms with E-state index >= 15 is 0 Å². The molecule has 1 amide bonds. The first-order chi connectivity index (χ1) is 12.0. The van der Waals surface area contributed by atoms with E-state index in [2.05, 4.69) is 0 Å². The van der Waals surface area contributed by atoms with Crippen LogP contribution in [0.2, 0.25) is 0 Å². The predicted molar refractivity (Wildman–Crippen MR) is 92.4 cm³/mol. The average molecular weight is 359 g/mol. The topological polar surface area (TPSA) is 107 Å². The Morgan fingerprint density at radius 3 is 2.20 bits per heavy atom. The van der Waals surface area contributed by atoms with Crippen molar-refractivity contribution in [2.24, 2.45) is 0 Å². The maximum atomic E-state index is 12.8. The minimum absolute atomic E-state index is 0.0515. The third kappa shape index (κ3) is 3.45. The molecule has 0 radical (unpaired) electrons. The van der Waals surface area contributed by atoms with E-state index < -0.39 is 27.1 Å². The zero-order valence-corrected chi connectivity index (χ0v) is 13.7. The molecule has 1 fully saturated rings. The second-order valence-electron chi connectivity index (χ2n) is 5.38. The number of rotatable bonds is 4. The Labute approximate surface area is 146 Å². The van der Waals surface area contributed by atoms with Crippen molar-refractivity contribution < 1.29 is 14.6 Å². The molecule has 2 aromatic rings. The molecular formula is C16H13N3O5S. The Morgan fingerprint density at radius 1 is 1.04 bits per heavy atom. The highest BCUT2D eigenvalue weighted by molar-refractivity contribution is 7.99. The maximum Gasteiger partial charge on any atom is 0.277 e. The summed E-state index contributed by atoms with van der Waals surface area (Å²) in [5.41, 5.74) is -0.0519. The summed E-state index contributed by atoms with van der Waals surface area (Å²) in [4.78, 5) is 35.0. The van der Waals surface area contributed by atoms with Crippen molar-refractivity contribution in [2.45, 2.75) is 5.37 Å². The number of hydrogen-bond donors (Lipinski definition) is 0. The number of nitro groups is 2. The zero-order valence-electron chi connectivity index (χ0n) is 12.9. The number of carbonyl (C=O) groups is 1. The lowest BCUT2D eigenvalue weighted by atomic mass is 10.1. The van der Waals surface area contributed by atoms with Crippen LogP contribution in [0.25, 0.3) is 0 Å². The number of nitrogens with zero attached hydrogens (tertiary/aromatic N) is 3. The normalized spacial score (nSPS) is 16.6. The van der Waals surface area contributed by atoms with Gasteiger partial charge in [0.25, 0.3) is 17.3 Å². The fraction of sp³-hybridized carbons (Fsp3) is 0.188. The number of benzene rings is 2. The van der Waals surface area contributed by atoms with Crippen molar-refractivity contribution >= 4 is 29.0 Å². The number of thioether (sulfide) groups is 1. The standard InChI is InChI=1S/C16H13N3O5S/c20-15(12-8-13(18(21)22)10-14(9-12)19(23)24)17-6-7-25-16(17)11-4-2-1-3-5-11/h1-5,8-10,16H,6-7H2/t16-/m0/s1. The van der Waals surface area contributed by atoms with E-state index in [4.69, 9.17) is 0 Å². The quantitative estimate of drug-likeness (QED) is 0.612. The van der Waals surface area contributed by atoms with E-state index in [1.54, 1.807) is 16.7 Å². The lowest BCUT2D eigenvalue weighted by Crippen LogP contribution is -2.30. The van der Waals surface area contributed by atoms with Gasteiger partial charge in [-0.3, -0.25) is 25.0 Å². The van der Waals surface area contributed by atoms with Gasteiger partial charge in [0.15, 0.2) is 0 Å². The van der Waals surface area contributed by atoms with Gasteiger partial charge in [-0.2, -0.15) is 0 Å². The Morgan fingerprint density at radius 2 is 1.64 bits per heavy atom. The van der Waals surface area contributed by atoms with Gasteiger partial charge >= 0.3 is 0 Å². The molecule has 8 nitrogen and oxygen atoms in total. The highest BCUT2D eigenvalue weighted by atomic mass is 32.2. The third-order valence-electron chi connectivity index (χ3n) is 3.81. The van der Waals surface area contributed by atoms with Crippen LogP contribution in [-0.2, 0) is 0 Å². The number of carbonyl (C=O) groups excluding carboxylic acids is 1. The van der Waals surface area contributed by atoms with Crippen molar-refractivity contribution in [3.8, 4) is 0 Å². The van der Waals surface area contributed by atoms with Gasteiger partial charge in [0.1, 0.15) is 5.37 Å². The lowest BCUT2D eigenvalue weighted by Gasteiger charge is -2.24. The van der Waals surface area contributed by atoms with Crippen LogP contribution in [0.4, 0.5) is 11.4 Å².